The fourth-order valence-electron chi connectivity index (χ4n) is 3.67. The maximum atomic E-state index is 13.2. The van der Waals surface area contributed by atoms with Gasteiger partial charge in [-0.15, -0.1) is 0 Å². The second-order valence-electron chi connectivity index (χ2n) is 7.57. The lowest BCUT2D eigenvalue weighted by molar-refractivity contribution is -0.137. The average molecular weight is 443 g/mol. The summed E-state index contributed by atoms with van der Waals surface area (Å²) in [5, 5.41) is 3.32. The van der Waals surface area contributed by atoms with E-state index in [1.165, 1.54) is 18.2 Å². The Morgan fingerprint density at radius 3 is 2.69 bits per heavy atom. The smallest absolute Gasteiger partial charge is 0.382 e. The van der Waals surface area contributed by atoms with Crippen LogP contribution in [0.2, 0.25) is 0 Å². The quantitative estimate of drug-likeness (QED) is 0.297. The van der Waals surface area contributed by atoms with Crippen LogP contribution in [0.5, 0.6) is 0 Å². The van der Waals surface area contributed by atoms with Crippen LogP contribution in [0.25, 0.3) is 11.3 Å². The molecule has 1 aliphatic heterocycles. The van der Waals surface area contributed by atoms with Crippen molar-refractivity contribution in [3.05, 3.63) is 66.1 Å². The minimum atomic E-state index is -4.44. The molecule has 0 fully saturated rings. The molecule has 1 N–H and O–H groups in total. The Balaban J connectivity index is 1.78. The summed E-state index contributed by atoms with van der Waals surface area (Å²) >= 11 is 0. The van der Waals surface area contributed by atoms with Gasteiger partial charge in [0.1, 0.15) is 11.7 Å². The van der Waals surface area contributed by atoms with Crippen LogP contribution in [0.3, 0.4) is 0 Å². The van der Waals surface area contributed by atoms with Gasteiger partial charge in [-0.1, -0.05) is 12.1 Å². The highest BCUT2D eigenvalue weighted by Gasteiger charge is 2.31. The Morgan fingerprint density at radius 2 is 1.97 bits per heavy atom. The summed E-state index contributed by atoms with van der Waals surface area (Å²) in [5.74, 6) is 1.05. The Kier molecular flexibility index (Phi) is 5.82. The highest BCUT2D eigenvalue weighted by Crippen LogP contribution is 2.35. The van der Waals surface area contributed by atoms with Crippen molar-refractivity contribution in [2.45, 2.75) is 32.5 Å². The first kappa shape index (κ1) is 21.7. The number of alkyl halides is 3. The first-order valence-corrected chi connectivity index (χ1v) is 10.1. The summed E-state index contributed by atoms with van der Waals surface area (Å²) < 4.78 is 52.7. The van der Waals surface area contributed by atoms with E-state index in [9.17, 15) is 17.6 Å². The third-order valence-corrected chi connectivity index (χ3v) is 5.24. The maximum absolute atomic E-state index is 13.2. The second-order valence-corrected chi connectivity index (χ2v) is 7.57. The number of halogens is 4. The molecule has 0 unspecified atom stereocenters. The molecule has 0 bridgehead atoms. The van der Waals surface area contributed by atoms with Gasteiger partial charge < -0.3 is 10.2 Å². The molecule has 1 aliphatic rings. The summed E-state index contributed by atoms with van der Waals surface area (Å²) in [4.78, 5) is 15.1. The third-order valence-electron chi connectivity index (χ3n) is 5.24. The standard InChI is InChI=1S/C23H21F4N5/c1-14-10-11-28-20-8-7-19(16-4-3-5-17(12-16)23(25,26)27)31-22(20)32(14)15(2)30-21-9-6-18(24)13-29-21/h3-9,12-14,28H,10-11H2,1-2H3/t14-/m0/s1. The van der Waals surface area contributed by atoms with Gasteiger partial charge in [0.2, 0.25) is 0 Å². The maximum Gasteiger partial charge on any atom is 0.416 e. The molecule has 0 aliphatic carbocycles. The van der Waals surface area contributed by atoms with Crippen molar-refractivity contribution in [1.29, 1.82) is 0 Å². The van der Waals surface area contributed by atoms with E-state index >= 15 is 0 Å². The Morgan fingerprint density at radius 1 is 1.16 bits per heavy atom. The first-order valence-electron chi connectivity index (χ1n) is 10.1. The molecule has 5 nitrogen and oxygen atoms in total. The minimum absolute atomic E-state index is 0.0113. The molecule has 0 radical (unpaired) electrons. The normalized spacial score (nSPS) is 16.9. The monoisotopic (exact) mass is 443 g/mol. The van der Waals surface area contributed by atoms with Gasteiger partial charge in [-0.05, 0) is 56.7 Å². The molecule has 32 heavy (non-hydrogen) atoms. The molecule has 9 heteroatoms. The first-order chi connectivity index (χ1) is 15.2. The van der Waals surface area contributed by atoms with Gasteiger partial charge in [-0.2, -0.15) is 13.2 Å². The van der Waals surface area contributed by atoms with E-state index in [4.69, 9.17) is 4.98 Å². The van der Waals surface area contributed by atoms with Gasteiger partial charge in [-0.25, -0.2) is 19.4 Å². The molecule has 0 saturated heterocycles. The van der Waals surface area contributed by atoms with E-state index < -0.39 is 17.6 Å². The van der Waals surface area contributed by atoms with E-state index in [2.05, 4.69) is 15.3 Å². The van der Waals surface area contributed by atoms with Crippen LogP contribution in [0.15, 0.2) is 59.7 Å². The number of rotatable bonds is 2. The van der Waals surface area contributed by atoms with Crippen LogP contribution in [0.4, 0.5) is 34.9 Å². The summed E-state index contributed by atoms with van der Waals surface area (Å²) in [7, 11) is 0. The highest BCUT2D eigenvalue weighted by molar-refractivity contribution is 6.00. The lowest BCUT2D eigenvalue weighted by Gasteiger charge is -2.29. The van der Waals surface area contributed by atoms with Crippen LogP contribution >= 0.6 is 0 Å². The van der Waals surface area contributed by atoms with Crippen molar-refractivity contribution in [3.8, 4) is 11.3 Å². The minimum Gasteiger partial charge on any atom is -0.382 e. The van der Waals surface area contributed by atoms with Crippen molar-refractivity contribution >= 4 is 23.2 Å². The molecule has 166 valence electrons. The van der Waals surface area contributed by atoms with E-state index in [0.717, 1.165) is 30.4 Å². The number of anilines is 2. The molecule has 2 aromatic heterocycles. The number of nitrogens with one attached hydrogen (secondary N) is 1. The molecule has 4 rings (SSSR count). The third kappa shape index (κ3) is 4.56. The topological polar surface area (TPSA) is 53.4 Å². The zero-order chi connectivity index (χ0) is 22.9. The second kappa shape index (κ2) is 8.57. The predicted octanol–water partition coefficient (Wildman–Crippen LogP) is 6.06. The lowest BCUT2D eigenvalue weighted by Crippen LogP contribution is -2.37. The lowest BCUT2D eigenvalue weighted by atomic mass is 10.1. The number of aromatic nitrogens is 2. The van der Waals surface area contributed by atoms with Gasteiger partial charge in [0.15, 0.2) is 11.6 Å². The fraction of sp³-hybridized carbons (Fsp3) is 0.261. The predicted molar refractivity (Wildman–Crippen MR) is 117 cm³/mol. The van der Waals surface area contributed by atoms with Gasteiger partial charge in [0.05, 0.1) is 23.1 Å². The average Bonchev–Trinajstić information content (AvgIpc) is 2.92. The van der Waals surface area contributed by atoms with Crippen LogP contribution < -0.4 is 10.2 Å². The Bertz CT molecular complexity index is 1140. The molecular weight excluding hydrogens is 422 g/mol. The van der Waals surface area contributed by atoms with Gasteiger partial charge in [0.25, 0.3) is 0 Å². The van der Waals surface area contributed by atoms with Crippen molar-refractivity contribution in [1.82, 2.24) is 9.97 Å². The molecular formula is C23H21F4N5. The highest BCUT2D eigenvalue weighted by atomic mass is 19.4. The van der Waals surface area contributed by atoms with E-state index in [1.807, 2.05) is 17.9 Å². The van der Waals surface area contributed by atoms with Crippen LogP contribution in [-0.2, 0) is 6.18 Å². The Hall–Kier alpha value is -3.49. The number of pyridine rings is 2. The molecule has 3 heterocycles. The number of hydrogen-bond donors (Lipinski definition) is 1. The van der Waals surface area contributed by atoms with Crippen molar-refractivity contribution in [3.63, 3.8) is 0 Å². The molecule has 0 amide bonds. The fourth-order valence-corrected chi connectivity index (χ4v) is 3.67. The van der Waals surface area contributed by atoms with Crippen LogP contribution in [-0.4, -0.2) is 28.4 Å². The number of nitrogens with zero attached hydrogens (tertiary/aromatic N) is 4. The molecule has 0 saturated carbocycles. The van der Waals surface area contributed by atoms with Gasteiger partial charge in [-0.3, -0.25) is 0 Å². The largest absolute Gasteiger partial charge is 0.416 e. The number of amidine groups is 1. The number of aliphatic imine (C=N–C) groups is 1. The van der Waals surface area contributed by atoms with Crippen molar-refractivity contribution in [2.75, 3.05) is 16.8 Å². The Labute approximate surface area is 182 Å². The number of hydrogen-bond acceptors (Lipinski definition) is 4. The van der Waals surface area contributed by atoms with E-state index in [0.29, 0.717) is 35.3 Å². The van der Waals surface area contributed by atoms with Crippen molar-refractivity contribution in [2.24, 2.45) is 4.99 Å². The van der Waals surface area contributed by atoms with Crippen LogP contribution in [0.1, 0.15) is 25.8 Å². The molecule has 1 aromatic carbocycles. The van der Waals surface area contributed by atoms with E-state index in [-0.39, 0.29) is 6.04 Å². The zero-order valence-electron chi connectivity index (χ0n) is 17.5. The zero-order valence-corrected chi connectivity index (χ0v) is 17.5. The SMILES string of the molecule is CC(=Nc1ccc(F)cn1)N1c2nc(-c3cccc(C(F)(F)F)c3)ccc2NCC[C@@H]1C. The van der Waals surface area contributed by atoms with E-state index in [1.54, 1.807) is 19.1 Å². The summed E-state index contributed by atoms with van der Waals surface area (Å²) in [6.45, 7) is 4.53. The summed E-state index contributed by atoms with van der Waals surface area (Å²) in [6.07, 6.45) is -2.55. The molecule has 1 atom stereocenters. The van der Waals surface area contributed by atoms with Gasteiger partial charge >= 0.3 is 6.18 Å². The number of benzene rings is 1. The van der Waals surface area contributed by atoms with Gasteiger partial charge in [0, 0.05) is 18.2 Å². The summed E-state index contributed by atoms with van der Waals surface area (Å²) in [5.41, 5.74) is 0.819. The number of fused-ring (bicyclic) bond motifs is 1. The van der Waals surface area contributed by atoms with Crippen LogP contribution in [0, 0.1) is 5.82 Å². The molecule has 3 aromatic rings. The molecule has 0 spiro atoms. The van der Waals surface area contributed by atoms with Crippen molar-refractivity contribution < 1.29 is 17.6 Å². The summed E-state index contributed by atoms with van der Waals surface area (Å²) in [6, 6.07) is 11.4.